The van der Waals surface area contributed by atoms with Crippen molar-refractivity contribution in [3.05, 3.63) is 66.2 Å². The summed E-state index contributed by atoms with van der Waals surface area (Å²) in [5, 5.41) is 2.75. The fraction of sp³-hybridized carbons (Fsp3) is 0.400. The summed E-state index contributed by atoms with van der Waals surface area (Å²) in [6, 6.07) is 23.8. The van der Waals surface area contributed by atoms with Crippen molar-refractivity contribution < 1.29 is 0 Å². The maximum Gasteiger partial charge on any atom is 0.0547 e. The molecule has 0 spiro atoms. The fourth-order valence-corrected chi connectivity index (χ4v) is 8.91. The third-order valence-electron chi connectivity index (χ3n) is 4.45. The van der Waals surface area contributed by atoms with Crippen LogP contribution in [0.5, 0.6) is 0 Å². The maximum absolute atomic E-state index is 2.36. The van der Waals surface area contributed by atoms with E-state index in [4.69, 9.17) is 0 Å². The number of benzene rings is 2. The highest BCUT2D eigenvalue weighted by atomic mass is 28.3. The van der Waals surface area contributed by atoms with Gasteiger partial charge in [0.2, 0.25) is 0 Å². The molecule has 0 unspecified atom stereocenters. The van der Waals surface area contributed by atoms with Crippen LogP contribution in [0.1, 0.15) is 38.7 Å². The highest BCUT2D eigenvalue weighted by molar-refractivity contribution is 6.67. The lowest BCUT2D eigenvalue weighted by atomic mass is 10.1. The maximum atomic E-state index is 2.36. The first-order chi connectivity index (χ1) is 10.7. The van der Waals surface area contributed by atoms with E-state index in [-0.39, 0.29) is 19.0 Å². The van der Waals surface area contributed by atoms with Crippen LogP contribution in [0.15, 0.2) is 60.7 Å². The van der Waals surface area contributed by atoms with Crippen LogP contribution in [0, 0.1) is 5.92 Å². The summed E-state index contributed by atoms with van der Waals surface area (Å²) < 4.78 is 0. The average molecular weight is 327 g/mol. The molecule has 22 heavy (non-hydrogen) atoms. The van der Waals surface area contributed by atoms with Crippen molar-refractivity contribution in [1.29, 1.82) is 0 Å². The first-order valence-corrected chi connectivity index (χ1v) is 12.2. The van der Waals surface area contributed by atoms with Crippen molar-refractivity contribution in [2.24, 2.45) is 5.92 Å². The van der Waals surface area contributed by atoms with Crippen LogP contribution in [0.25, 0.3) is 0 Å². The fourth-order valence-electron chi connectivity index (χ4n) is 3.13. The van der Waals surface area contributed by atoms with Crippen molar-refractivity contribution in [3.63, 3.8) is 0 Å². The predicted octanol–water partition coefficient (Wildman–Crippen LogP) is 3.42. The van der Waals surface area contributed by atoms with Crippen LogP contribution < -0.4 is 5.19 Å². The SMILES string of the molecule is CC(C)CCC[C@H]([SiH2]Cc1ccccc1)[SiH2]c1ccccc1. The van der Waals surface area contributed by atoms with Crippen molar-refractivity contribution in [2.45, 2.75) is 44.3 Å². The van der Waals surface area contributed by atoms with E-state index in [0.717, 1.165) is 11.1 Å². The molecule has 118 valence electrons. The molecular weight excluding hydrogens is 296 g/mol. The molecule has 0 N–H and O–H groups in total. The molecule has 2 aromatic rings. The van der Waals surface area contributed by atoms with Gasteiger partial charge in [-0.15, -0.1) is 0 Å². The molecule has 0 heterocycles. The van der Waals surface area contributed by atoms with Crippen LogP contribution >= 0.6 is 0 Å². The van der Waals surface area contributed by atoms with Crippen molar-refractivity contribution in [1.82, 2.24) is 0 Å². The van der Waals surface area contributed by atoms with Gasteiger partial charge in [0.25, 0.3) is 0 Å². The topological polar surface area (TPSA) is 0 Å². The molecule has 0 saturated heterocycles. The minimum Gasteiger partial charge on any atom is -0.0669 e. The highest BCUT2D eigenvalue weighted by Gasteiger charge is 2.12. The Labute approximate surface area is 141 Å². The van der Waals surface area contributed by atoms with Gasteiger partial charge in [-0.05, 0) is 12.0 Å². The lowest BCUT2D eigenvalue weighted by molar-refractivity contribution is 0.544. The van der Waals surface area contributed by atoms with Crippen LogP contribution in [0.3, 0.4) is 0 Å². The Hall–Kier alpha value is -1.13. The zero-order valence-electron chi connectivity index (χ0n) is 14.2. The molecule has 0 aliphatic heterocycles. The molecule has 2 aromatic carbocycles. The summed E-state index contributed by atoms with van der Waals surface area (Å²) in [5.74, 6) is 0.856. The summed E-state index contributed by atoms with van der Waals surface area (Å²) in [5.41, 5.74) is 1.56. The van der Waals surface area contributed by atoms with E-state index in [1.54, 1.807) is 10.8 Å². The van der Waals surface area contributed by atoms with Crippen molar-refractivity contribution >= 4 is 24.2 Å². The second-order valence-corrected chi connectivity index (χ2v) is 12.7. The summed E-state index contributed by atoms with van der Waals surface area (Å²) >= 11 is 0. The molecular formula is C20H30Si2. The smallest absolute Gasteiger partial charge is 0.0547 e. The Morgan fingerprint density at radius 3 is 2.09 bits per heavy atom. The molecule has 0 aromatic heterocycles. The molecule has 0 saturated carbocycles. The standard InChI is InChI=1S/C20H30Si2/c1-17(2)10-9-15-20(22-19-13-7-4-8-14-19)21-16-18-11-5-3-6-12-18/h3-8,11-14,17,20H,9-10,15-16,21-22H2,1-2H3/t20-/m1/s1. The van der Waals surface area contributed by atoms with Gasteiger partial charge in [-0.2, -0.15) is 0 Å². The van der Waals surface area contributed by atoms with Gasteiger partial charge in [0.05, 0.1) is 9.52 Å². The Morgan fingerprint density at radius 1 is 0.818 bits per heavy atom. The van der Waals surface area contributed by atoms with Crippen LogP contribution in [0.2, 0.25) is 5.16 Å². The monoisotopic (exact) mass is 326 g/mol. The van der Waals surface area contributed by atoms with Gasteiger partial charge in [0, 0.05) is 9.52 Å². The zero-order chi connectivity index (χ0) is 15.6. The third kappa shape index (κ3) is 6.76. The Balaban J connectivity index is 1.88. The summed E-state index contributed by atoms with van der Waals surface area (Å²) in [6.07, 6.45) is 4.32. The van der Waals surface area contributed by atoms with E-state index < -0.39 is 0 Å². The van der Waals surface area contributed by atoms with E-state index in [9.17, 15) is 0 Å². The molecule has 0 fully saturated rings. The molecule has 0 nitrogen and oxygen atoms in total. The molecule has 0 aliphatic rings. The lowest BCUT2D eigenvalue weighted by Gasteiger charge is -2.17. The summed E-state index contributed by atoms with van der Waals surface area (Å²) in [4.78, 5) is 0. The normalized spacial score (nSPS) is 13.6. The zero-order valence-corrected chi connectivity index (χ0v) is 17.0. The minimum absolute atomic E-state index is 0.0000501. The predicted molar refractivity (Wildman–Crippen MR) is 106 cm³/mol. The first-order valence-electron chi connectivity index (χ1n) is 8.82. The summed E-state index contributed by atoms with van der Waals surface area (Å²) in [7, 11) is -0.0964. The quantitative estimate of drug-likeness (QED) is 0.619. The van der Waals surface area contributed by atoms with Crippen molar-refractivity contribution in [2.75, 3.05) is 0 Å². The number of hydrogen-bond donors (Lipinski definition) is 0. The second kappa shape index (κ2) is 9.80. The molecule has 2 rings (SSSR count). The Morgan fingerprint density at radius 2 is 1.45 bits per heavy atom. The Kier molecular flexibility index (Phi) is 7.68. The molecule has 0 radical (unpaired) electrons. The largest absolute Gasteiger partial charge is 0.0669 e. The van der Waals surface area contributed by atoms with E-state index in [0.29, 0.717) is 0 Å². The molecule has 1 atom stereocenters. The minimum atomic E-state index is -0.0965. The van der Waals surface area contributed by atoms with E-state index in [1.807, 2.05) is 0 Å². The third-order valence-corrected chi connectivity index (χ3v) is 10.6. The second-order valence-electron chi connectivity index (χ2n) is 6.90. The number of hydrogen-bond acceptors (Lipinski definition) is 0. The van der Waals surface area contributed by atoms with Gasteiger partial charge >= 0.3 is 0 Å². The molecule has 0 bridgehead atoms. The van der Waals surface area contributed by atoms with Crippen LogP contribution in [-0.2, 0) is 6.04 Å². The molecule has 0 aliphatic carbocycles. The highest BCUT2D eigenvalue weighted by Crippen LogP contribution is 2.17. The van der Waals surface area contributed by atoms with E-state index >= 15 is 0 Å². The van der Waals surface area contributed by atoms with Gasteiger partial charge in [-0.3, -0.25) is 0 Å². The average Bonchev–Trinajstić information content (AvgIpc) is 2.54. The molecule has 2 heteroatoms. The lowest BCUT2D eigenvalue weighted by Crippen LogP contribution is -2.24. The van der Waals surface area contributed by atoms with Gasteiger partial charge in [-0.1, -0.05) is 110 Å². The number of rotatable bonds is 9. The van der Waals surface area contributed by atoms with Gasteiger partial charge in [-0.25, -0.2) is 0 Å². The van der Waals surface area contributed by atoms with Crippen molar-refractivity contribution in [3.8, 4) is 0 Å². The van der Waals surface area contributed by atoms with Gasteiger partial charge < -0.3 is 0 Å². The van der Waals surface area contributed by atoms with Gasteiger partial charge in [0.15, 0.2) is 0 Å². The van der Waals surface area contributed by atoms with Crippen LogP contribution in [0.4, 0.5) is 0 Å². The summed E-state index contributed by atoms with van der Waals surface area (Å²) in [6.45, 7) is 4.70. The Bertz CT molecular complexity index is 508. The van der Waals surface area contributed by atoms with Gasteiger partial charge in [0.1, 0.15) is 0 Å². The van der Waals surface area contributed by atoms with E-state index in [2.05, 4.69) is 74.5 Å². The van der Waals surface area contributed by atoms with Crippen LogP contribution in [-0.4, -0.2) is 19.0 Å². The first kappa shape index (κ1) is 17.2. The molecule has 0 amide bonds. The van der Waals surface area contributed by atoms with E-state index in [1.165, 1.54) is 25.3 Å².